The van der Waals surface area contributed by atoms with E-state index < -0.39 is 0 Å². The van der Waals surface area contributed by atoms with Crippen LogP contribution in [0.25, 0.3) is 0 Å². The molecule has 1 aromatic rings. The molecule has 0 unspecified atom stereocenters. The molecule has 21 heavy (non-hydrogen) atoms. The lowest BCUT2D eigenvalue weighted by Gasteiger charge is -2.21. The number of hydrogen-bond acceptors (Lipinski definition) is 3. The summed E-state index contributed by atoms with van der Waals surface area (Å²) in [7, 11) is 0. The maximum absolute atomic E-state index is 3.58. The van der Waals surface area contributed by atoms with Crippen LogP contribution in [0.15, 0.2) is 35.2 Å². The zero-order valence-electron chi connectivity index (χ0n) is 13.8. The Morgan fingerprint density at radius 3 is 2.43 bits per heavy atom. The van der Waals surface area contributed by atoms with Crippen LogP contribution in [0.3, 0.4) is 0 Å². The standard InChI is InChI=1S/C18H32N2S/c1-3-5-15-20(14-4-2)16-13-19-12-9-17-21-18-10-7-6-8-11-18/h6-8,10-11,19H,3-5,9,12-17H2,1-2H3. The van der Waals surface area contributed by atoms with E-state index in [0.29, 0.717) is 0 Å². The first-order chi connectivity index (χ1) is 10.4. The van der Waals surface area contributed by atoms with Crippen LogP contribution in [0.5, 0.6) is 0 Å². The molecule has 0 atom stereocenters. The fourth-order valence-electron chi connectivity index (χ4n) is 2.30. The SMILES string of the molecule is CCCCN(CCC)CCNCCCSc1ccccc1. The van der Waals surface area contributed by atoms with Crippen molar-refractivity contribution < 1.29 is 0 Å². The first-order valence-electron chi connectivity index (χ1n) is 8.47. The summed E-state index contributed by atoms with van der Waals surface area (Å²) >= 11 is 1.95. The van der Waals surface area contributed by atoms with Crippen molar-refractivity contribution in [2.24, 2.45) is 0 Å². The molecule has 120 valence electrons. The first-order valence-corrected chi connectivity index (χ1v) is 9.46. The molecular weight excluding hydrogens is 276 g/mol. The predicted molar refractivity (Wildman–Crippen MR) is 96.3 cm³/mol. The van der Waals surface area contributed by atoms with Crippen LogP contribution in [0.1, 0.15) is 39.5 Å². The fourth-order valence-corrected chi connectivity index (χ4v) is 3.17. The number of benzene rings is 1. The zero-order chi connectivity index (χ0) is 15.2. The van der Waals surface area contributed by atoms with E-state index in [2.05, 4.69) is 54.4 Å². The van der Waals surface area contributed by atoms with Gasteiger partial charge in [0, 0.05) is 18.0 Å². The molecule has 0 aliphatic rings. The van der Waals surface area contributed by atoms with Gasteiger partial charge in [0.2, 0.25) is 0 Å². The predicted octanol–water partition coefficient (Wildman–Crippen LogP) is 4.27. The van der Waals surface area contributed by atoms with Crippen molar-refractivity contribution in [1.29, 1.82) is 0 Å². The second-order valence-electron chi connectivity index (χ2n) is 5.46. The van der Waals surface area contributed by atoms with Crippen molar-refractivity contribution in [3.63, 3.8) is 0 Å². The van der Waals surface area contributed by atoms with Crippen LogP contribution in [0.4, 0.5) is 0 Å². The van der Waals surface area contributed by atoms with Gasteiger partial charge in [0.15, 0.2) is 0 Å². The molecule has 0 fully saturated rings. The molecule has 0 bridgehead atoms. The quantitative estimate of drug-likeness (QED) is 0.433. The minimum atomic E-state index is 1.12. The van der Waals surface area contributed by atoms with Crippen molar-refractivity contribution in [3.8, 4) is 0 Å². The lowest BCUT2D eigenvalue weighted by Crippen LogP contribution is -2.33. The summed E-state index contributed by atoms with van der Waals surface area (Å²) in [6.45, 7) is 10.5. The zero-order valence-corrected chi connectivity index (χ0v) is 14.6. The molecule has 0 radical (unpaired) electrons. The molecule has 0 aromatic heterocycles. The highest BCUT2D eigenvalue weighted by atomic mass is 32.2. The number of nitrogens with zero attached hydrogens (tertiary/aromatic N) is 1. The highest BCUT2D eigenvalue weighted by Crippen LogP contribution is 2.17. The average molecular weight is 309 g/mol. The van der Waals surface area contributed by atoms with E-state index in [1.807, 2.05) is 11.8 Å². The Morgan fingerprint density at radius 1 is 0.905 bits per heavy atom. The first kappa shape index (κ1) is 18.5. The topological polar surface area (TPSA) is 15.3 Å². The average Bonchev–Trinajstić information content (AvgIpc) is 2.52. The van der Waals surface area contributed by atoms with Gasteiger partial charge in [0.1, 0.15) is 0 Å². The lowest BCUT2D eigenvalue weighted by molar-refractivity contribution is 0.269. The summed E-state index contributed by atoms with van der Waals surface area (Å²) in [5.41, 5.74) is 0. The lowest BCUT2D eigenvalue weighted by atomic mass is 10.3. The van der Waals surface area contributed by atoms with Gasteiger partial charge in [0.25, 0.3) is 0 Å². The summed E-state index contributed by atoms with van der Waals surface area (Å²) in [5, 5.41) is 3.58. The van der Waals surface area contributed by atoms with E-state index in [-0.39, 0.29) is 0 Å². The van der Waals surface area contributed by atoms with E-state index >= 15 is 0 Å². The van der Waals surface area contributed by atoms with Gasteiger partial charge < -0.3 is 10.2 Å². The van der Waals surface area contributed by atoms with Crippen molar-refractivity contribution in [3.05, 3.63) is 30.3 Å². The molecule has 0 aliphatic carbocycles. The molecule has 0 saturated carbocycles. The van der Waals surface area contributed by atoms with Crippen LogP contribution in [0, 0.1) is 0 Å². The number of rotatable bonds is 13. The van der Waals surface area contributed by atoms with Gasteiger partial charge in [-0.05, 0) is 56.8 Å². The largest absolute Gasteiger partial charge is 0.315 e. The minimum Gasteiger partial charge on any atom is -0.315 e. The van der Waals surface area contributed by atoms with Crippen molar-refractivity contribution in [2.75, 3.05) is 38.5 Å². The smallest absolute Gasteiger partial charge is 0.0107 e. The minimum absolute atomic E-state index is 1.12. The Morgan fingerprint density at radius 2 is 1.71 bits per heavy atom. The summed E-state index contributed by atoms with van der Waals surface area (Å²) in [6.07, 6.45) is 5.12. The molecule has 0 aliphatic heterocycles. The van der Waals surface area contributed by atoms with E-state index in [0.717, 1.165) is 13.1 Å². The second-order valence-corrected chi connectivity index (χ2v) is 6.63. The third-order valence-electron chi connectivity index (χ3n) is 3.48. The van der Waals surface area contributed by atoms with E-state index in [1.165, 1.54) is 56.0 Å². The van der Waals surface area contributed by atoms with Crippen LogP contribution >= 0.6 is 11.8 Å². The highest BCUT2D eigenvalue weighted by molar-refractivity contribution is 7.99. The van der Waals surface area contributed by atoms with E-state index in [4.69, 9.17) is 0 Å². The number of hydrogen-bond donors (Lipinski definition) is 1. The molecule has 0 spiro atoms. The summed E-state index contributed by atoms with van der Waals surface area (Å²) < 4.78 is 0. The molecule has 1 N–H and O–H groups in total. The van der Waals surface area contributed by atoms with Gasteiger partial charge in [-0.15, -0.1) is 11.8 Å². The Labute approximate surface area is 135 Å². The van der Waals surface area contributed by atoms with Gasteiger partial charge in [-0.25, -0.2) is 0 Å². The highest BCUT2D eigenvalue weighted by Gasteiger charge is 2.02. The fraction of sp³-hybridized carbons (Fsp3) is 0.667. The Kier molecular flexibility index (Phi) is 11.6. The van der Waals surface area contributed by atoms with Gasteiger partial charge in [-0.1, -0.05) is 38.5 Å². The van der Waals surface area contributed by atoms with Gasteiger partial charge in [0.05, 0.1) is 0 Å². The molecule has 0 saturated heterocycles. The maximum atomic E-state index is 3.58. The Hall–Kier alpha value is -0.510. The molecule has 1 aromatic carbocycles. The monoisotopic (exact) mass is 308 g/mol. The summed E-state index contributed by atoms with van der Waals surface area (Å²) in [4.78, 5) is 3.97. The van der Waals surface area contributed by atoms with Crippen molar-refractivity contribution >= 4 is 11.8 Å². The van der Waals surface area contributed by atoms with Crippen LogP contribution in [-0.4, -0.2) is 43.4 Å². The molecule has 2 nitrogen and oxygen atoms in total. The van der Waals surface area contributed by atoms with Gasteiger partial charge in [-0.2, -0.15) is 0 Å². The number of thioether (sulfide) groups is 1. The van der Waals surface area contributed by atoms with E-state index in [9.17, 15) is 0 Å². The molecule has 0 amide bonds. The maximum Gasteiger partial charge on any atom is 0.0107 e. The van der Waals surface area contributed by atoms with Crippen LogP contribution in [0.2, 0.25) is 0 Å². The second kappa shape index (κ2) is 13.2. The number of nitrogens with one attached hydrogen (secondary N) is 1. The van der Waals surface area contributed by atoms with E-state index in [1.54, 1.807) is 0 Å². The molecule has 3 heteroatoms. The summed E-state index contributed by atoms with van der Waals surface area (Å²) in [6, 6.07) is 10.7. The van der Waals surface area contributed by atoms with Crippen LogP contribution in [-0.2, 0) is 0 Å². The van der Waals surface area contributed by atoms with Gasteiger partial charge in [-0.3, -0.25) is 0 Å². The third kappa shape index (κ3) is 9.94. The molecule has 0 heterocycles. The normalized spacial score (nSPS) is 11.2. The Balaban J connectivity index is 1.97. The van der Waals surface area contributed by atoms with Crippen LogP contribution < -0.4 is 5.32 Å². The summed E-state index contributed by atoms with van der Waals surface area (Å²) in [5.74, 6) is 1.20. The Bertz CT molecular complexity index is 329. The van der Waals surface area contributed by atoms with Crippen molar-refractivity contribution in [1.82, 2.24) is 10.2 Å². The van der Waals surface area contributed by atoms with Crippen molar-refractivity contribution in [2.45, 2.75) is 44.4 Å². The van der Waals surface area contributed by atoms with Gasteiger partial charge >= 0.3 is 0 Å². The number of unbranched alkanes of at least 4 members (excludes halogenated alkanes) is 1. The third-order valence-corrected chi connectivity index (χ3v) is 4.58. The molecule has 1 rings (SSSR count). The molecular formula is C18H32N2S.